The second kappa shape index (κ2) is 6.01. The van der Waals surface area contributed by atoms with Crippen LogP contribution in [-0.4, -0.2) is 20.7 Å². The van der Waals surface area contributed by atoms with Crippen molar-refractivity contribution in [2.45, 2.75) is 23.3 Å². The van der Waals surface area contributed by atoms with Gasteiger partial charge in [0.15, 0.2) is 5.78 Å². The van der Waals surface area contributed by atoms with Crippen LogP contribution in [0.3, 0.4) is 0 Å². The van der Waals surface area contributed by atoms with Crippen molar-refractivity contribution >= 4 is 28.4 Å². The summed E-state index contributed by atoms with van der Waals surface area (Å²) in [5.74, 6) is 0.0547. The van der Waals surface area contributed by atoms with Crippen molar-refractivity contribution in [3.8, 4) is 0 Å². The van der Waals surface area contributed by atoms with Gasteiger partial charge in [-0.2, -0.15) is 0 Å². The summed E-state index contributed by atoms with van der Waals surface area (Å²) in [6, 6.07) is 11.5. The Balaban J connectivity index is 1.90. The molecular weight excluding hydrogens is 282 g/mol. The summed E-state index contributed by atoms with van der Waals surface area (Å²) in [5.41, 5.74) is 1.43. The van der Waals surface area contributed by atoms with Crippen LogP contribution < -0.4 is 0 Å². The zero-order chi connectivity index (χ0) is 14.7. The minimum atomic E-state index is 0.0547. The Hall–Kier alpha value is -2.27. The Morgan fingerprint density at radius 2 is 1.95 bits per heavy atom. The fourth-order valence-electron chi connectivity index (χ4n) is 1.96. The van der Waals surface area contributed by atoms with E-state index in [0.29, 0.717) is 12.1 Å². The molecule has 3 rings (SSSR count). The molecule has 0 saturated carbocycles. The molecule has 0 fully saturated rings. The Kier molecular flexibility index (Phi) is 3.92. The molecule has 0 radical (unpaired) electrons. The van der Waals surface area contributed by atoms with Gasteiger partial charge in [0.2, 0.25) is 0 Å². The zero-order valence-corrected chi connectivity index (χ0v) is 12.3. The lowest BCUT2D eigenvalue weighted by atomic mass is 10.2. The van der Waals surface area contributed by atoms with Crippen molar-refractivity contribution < 1.29 is 4.79 Å². The van der Waals surface area contributed by atoms with Gasteiger partial charge in [0.25, 0.3) is 0 Å². The first kappa shape index (κ1) is 13.7. The normalized spacial score (nSPS) is 10.7. The topological polar surface area (TPSA) is 55.7 Å². The molecule has 4 nitrogen and oxygen atoms in total. The van der Waals surface area contributed by atoms with Gasteiger partial charge < -0.3 is 0 Å². The number of carbonyl (C=O) groups excluding carboxylic acids is 1. The number of benzene rings is 1. The first-order valence-electron chi connectivity index (χ1n) is 6.65. The van der Waals surface area contributed by atoms with Gasteiger partial charge >= 0.3 is 0 Å². The third-order valence-electron chi connectivity index (χ3n) is 3.06. The van der Waals surface area contributed by atoms with Gasteiger partial charge in [0.1, 0.15) is 17.0 Å². The van der Waals surface area contributed by atoms with E-state index in [9.17, 15) is 4.79 Å². The number of pyridine rings is 1. The number of hydrogen-bond acceptors (Lipinski definition) is 5. The summed E-state index contributed by atoms with van der Waals surface area (Å²) in [5, 5.41) is 1.90. The molecule has 104 valence electrons. The smallest absolute Gasteiger partial charge is 0.180 e. The van der Waals surface area contributed by atoms with Gasteiger partial charge in [-0.25, -0.2) is 9.97 Å². The summed E-state index contributed by atoms with van der Waals surface area (Å²) in [6.45, 7) is 1.83. The van der Waals surface area contributed by atoms with E-state index in [2.05, 4.69) is 15.0 Å². The minimum absolute atomic E-state index is 0.0547. The number of fused-ring (bicyclic) bond motifs is 1. The molecule has 0 aliphatic rings. The molecule has 0 bridgehead atoms. The number of hydrogen-bond donors (Lipinski definition) is 0. The Labute approximate surface area is 126 Å². The van der Waals surface area contributed by atoms with Crippen molar-refractivity contribution in [3.63, 3.8) is 0 Å². The number of carbonyl (C=O) groups is 1. The van der Waals surface area contributed by atoms with Crippen LogP contribution in [0.25, 0.3) is 10.9 Å². The summed E-state index contributed by atoms with van der Waals surface area (Å²) in [6.07, 6.45) is 3.74. The molecule has 0 amide bonds. The maximum atomic E-state index is 11.6. The minimum Gasteiger partial charge on any atom is -0.292 e. The molecule has 2 aromatic heterocycles. The molecule has 0 saturated heterocycles. The maximum Gasteiger partial charge on any atom is 0.180 e. The van der Waals surface area contributed by atoms with Crippen molar-refractivity contribution in [2.24, 2.45) is 0 Å². The molecule has 2 heterocycles. The first-order chi connectivity index (χ1) is 10.3. The van der Waals surface area contributed by atoms with E-state index in [4.69, 9.17) is 0 Å². The van der Waals surface area contributed by atoms with E-state index in [-0.39, 0.29) is 5.78 Å². The molecule has 0 unspecified atom stereocenters. The Morgan fingerprint density at radius 1 is 1.10 bits per heavy atom. The molecule has 0 N–H and O–H groups in total. The predicted octanol–water partition coefficient (Wildman–Crippen LogP) is 3.77. The molecular formula is C16H13N3OS. The average molecular weight is 295 g/mol. The van der Waals surface area contributed by atoms with Crippen LogP contribution in [0, 0.1) is 0 Å². The molecule has 0 spiro atoms. The number of ketones is 1. The Bertz CT molecular complexity index is 782. The van der Waals surface area contributed by atoms with E-state index in [1.165, 1.54) is 11.8 Å². The van der Waals surface area contributed by atoms with Crippen LogP contribution in [0.4, 0.5) is 0 Å². The second-order valence-electron chi connectivity index (χ2n) is 4.45. The van der Waals surface area contributed by atoms with Crippen LogP contribution >= 0.6 is 11.8 Å². The standard InChI is InChI=1S/C16H13N3OS/c1-2-15(20)14-8-7-11(9-17-14)21-16-12-5-3-4-6-13(12)18-10-19-16/h3-10H,2H2,1H3. The lowest BCUT2D eigenvalue weighted by Gasteiger charge is -2.04. The van der Waals surface area contributed by atoms with Crippen molar-refractivity contribution in [1.82, 2.24) is 15.0 Å². The van der Waals surface area contributed by atoms with Crippen molar-refractivity contribution in [1.29, 1.82) is 0 Å². The molecule has 0 aliphatic heterocycles. The van der Waals surface area contributed by atoms with Crippen LogP contribution in [0.15, 0.2) is 58.8 Å². The first-order valence-corrected chi connectivity index (χ1v) is 7.46. The van der Waals surface area contributed by atoms with Gasteiger partial charge in [0.05, 0.1) is 5.52 Å². The van der Waals surface area contributed by atoms with Crippen LogP contribution in [0.1, 0.15) is 23.8 Å². The third kappa shape index (κ3) is 2.92. The molecule has 0 atom stereocenters. The van der Waals surface area contributed by atoms with Gasteiger partial charge in [-0.05, 0) is 18.2 Å². The van der Waals surface area contributed by atoms with E-state index in [1.54, 1.807) is 18.6 Å². The maximum absolute atomic E-state index is 11.6. The summed E-state index contributed by atoms with van der Waals surface area (Å²) in [4.78, 5) is 25.3. The predicted molar refractivity (Wildman–Crippen MR) is 82.5 cm³/mol. The van der Waals surface area contributed by atoms with Crippen LogP contribution in [0.5, 0.6) is 0 Å². The van der Waals surface area contributed by atoms with E-state index >= 15 is 0 Å². The van der Waals surface area contributed by atoms with Crippen molar-refractivity contribution in [2.75, 3.05) is 0 Å². The number of Topliss-reactive ketones (excluding diaryl/α,β-unsaturated/α-hetero) is 1. The van der Waals surface area contributed by atoms with Gasteiger partial charge in [-0.1, -0.05) is 36.9 Å². The van der Waals surface area contributed by atoms with E-state index in [1.807, 2.05) is 37.3 Å². The number of para-hydroxylation sites is 1. The van der Waals surface area contributed by atoms with Gasteiger partial charge in [-0.3, -0.25) is 9.78 Å². The highest BCUT2D eigenvalue weighted by atomic mass is 32.2. The van der Waals surface area contributed by atoms with Crippen LogP contribution in [-0.2, 0) is 0 Å². The lowest BCUT2D eigenvalue weighted by molar-refractivity contribution is 0.0983. The summed E-state index contributed by atoms with van der Waals surface area (Å²) >= 11 is 1.52. The second-order valence-corrected chi connectivity index (χ2v) is 5.52. The fraction of sp³-hybridized carbons (Fsp3) is 0.125. The lowest BCUT2D eigenvalue weighted by Crippen LogP contribution is -1.99. The van der Waals surface area contributed by atoms with E-state index < -0.39 is 0 Å². The molecule has 5 heteroatoms. The highest BCUT2D eigenvalue weighted by molar-refractivity contribution is 7.99. The van der Waals surface area contributed by atoms with E-state index in [0.717, 1.165) is 20.8 Å². The summed E-state index contributed by atoms with van der Waals surface area (Å²) < 4.78 is 0. The average Bonchev–Trinajstić information content (AvgIpc) is 2.55. The summed E-state index contributed by atoms with van der Waals surface area (Å²) in [7, 11) is 0. The van der Waals surface area contributed by atoms with Gasteiger partial charge in [-0.15, -0.1) is 0 Å². The third-order valence-corrected chi connectivity index (χ3v) is 4.06. The largest absolute Gasteiger partial charge is 0.292 e. The molecule has 3 aromatic rings. The van der Waals surface area contributed by atoms with Gasteiger partial charge in [0, 0.05) is 22.9 Å². The highest BCUT2D eigenvalue weighted by Gasteiger charge is 2.07. The fourth-order valence-corrected chi connectivity index (χ4v) is 2.81. The Morgan fingerprint density at radius 3 is 2.71 bits per heavy atom. The zero-order valence-electron chi connectivity index (χ0n) is 11.5. The number of aromatic nitrogens is 3. The number of nitrogens with zero attached hydrogens (tertiary/aromatic N) is 3. The molecule has 21 heavy (non-hydrogen) atoms. The molecule has 1 aromatic carbocycles. The van der Waals surface area contributed by atoms with Crippen LogP contribution in [0.2, 0.25) is 0 Å². The highest BCUT2D eigenvalue weighted by Crippen LogP contribution is 2.30. The SMILES string of the molecule is CCC(=O)c1ccc(Sc2ncnc3ccccc23)cn1. The number of rotatable bonds is 4. The quantitative estimate of drug-likeness (QED) is 0.541. The monoisotopic (exact) mass is 295 g/mol. The molecule has 0 aliphatic carbocycles. The van der Waals surface area contributed by atoms with Crippen molar-refractivity contribution in [3.05, 3.63) is 54.6 Å².